The van der Waals surface area contributed by atoms with E-state index in [1.807, 2.05) is 12.1 Å². The Morgan fingerprint density at radius 2 is 2.05 bits per heavy atom. The number of rotatable bonds is 5. The highest BCUT2D eigenvalue weighted by molar-refractivity contribution is 5.83. The van der Waals surface area contributed by atoms with Crippen molar-refractivity contribution >= 4 is 11.0 Å². The summed E-state index contributed by atoms with van der Waals surface area (Å²) in [4.78, 5) is 0. The molecule has 1 heterocycles. The first-order valence-corrected chi connectivity index (χ1v) is 8.10. The summed E-state index contributed by atoms with van der Waals surface area (Å²) in [5, 5.41) is 1.17. The van der Waals surface area contributed by atoms with Crippen molar-refractivity contribution in [3.05, 3.63) is 29.5 Å². The third kappa shape index (κ3) is 3.08. The molecule has 2 N–H and O–H groups in total. The molecule has 114 valence electrons. The van der Waals surface area contributed by atoms with Gasteiger partial charge < -0.3 is 14.9 Å². The van der Waals surface area contributed by atoms with E-state index in [0.717, 1.165) is 35.9 Å². The molecule has 21 heavy (non-hydrogen) atoms. The van der Waals surface area contributed by atoms with Gasteiger partial charge >= 0.3 is 0 Å². The number of hydrogen-bond donors (Lipinski definition) is 1. The van der Waals surface area contributed by atoms with Gasteiger partial charge in [0.2, 0.25) is 0 Å². The summed E-state index contributed by atoms with van der Waals surface area (Å²) in [6.45, 7) is 0.656. The van der Waals surface area contributed by atoms with Gasteiger partial charge in [-0.15, -0.1) is 0 Å². The van der Waals surface area contributed by atoms with Crippen LogP contribution < -0.4 is 10.5 Å². The molecule has 1 fully saturated rings. The molecule has 3 heteroatoms. The van der Waals surface area contributed by atoms with Gasteiger partial charge in [-0.3, -0.25) is 0 Å². The predicted octanol–water partition coefficient (Wildman–Crippen LogP) is 4.07. The van der Waals surface area contributed by atoms with Crippen molar-refractivity contribution in [3.8, 4) is 5.75 Å². The van der Waals surface area contributed by atoms with Gasteiger partial charge in [-0.2, -0.15) is 0 Å². The molecule has 0 aliphatic heterocycles. The van der Waals surface area contributed by atoms with Crippen molar-refractivity contribution in [2.75, 3.05) is 13.7 Å². The molecule has 3 nitrogen and oxygen atoms in total. The minimum atomic E-state index is 0.656. The molecule has 1 aromatic heterocycles. The number of nitrogens with two attached hydrogens (primary N) is 1. The van der Waals surface area contributed by atoms with Gasteiger partial charge in [0, 0.05) is 17.4 Å². The van der Waals surface area contributed by atoms with E-state index in [2.05, 4.69) is 6.07 Å². The van der Waals surface area contributed by atoms with Crippen molar-refractivity contribution in [2.45, 2.75) is 44.9 Å². The first-order chi connectivity index (χ1) is 10.3. The molecule has 0 radical (unpaired) electrons. The number of methoxy groups -OCH3 is 1. The Morgan fingerprint density at radius 1 is 1.24 bits per heavy atom. The fraction of sp³-hybridized carbons (Fsp3) is 0.556. The van der Waals surface area contributed by atoms with Crippen molar-refractivity contribution < 1.29 is 9.15 Å². The standard InChI is InChI=1S/C18H25NO2/c1-20-14-7-8-17-16(12-14)15(9-10-19)18(21-17)11-13-5-3-2-4-6-13/h7-8,12-13H,2-6,9-11,19H2,1H3. The second kappa shape index (κ2) is 6.52. The average Bonchev–Trinajstić information content (AvgIpc) is 2.85. The monoisotopic (exact) mass is 287 g/mol. The van der Waals surface area contributed by atoms with Gasteiger partial charge in [0.15, 0.2) is 0 Å². The van der Waals surface area contributed by atoms with Gasteiger partial charge in [-0.25, -0.2) is 0 Å². The van der Waals surface area contributed by atoms with E-state index in [0.29, 0.717) is 6.54 Å². The topological polar surface area (TPSA) is 48.4 Å². The van der Waals surface area contributed by atoms with Crippen LogP contribution in [0.15, 0.2) is 22.6 Å². The van der Waals surface area contributed by atoms with E-state index in [1.54, 1.807) is 7.11 Å². The minimum absolute atomic E-state index is 0.656. The van der Waals surface area contributed by atoms with E-state index in [4.69, 9.17) is 14.9 Å². The second-order valence-corrected chi connectivity index (χ2v) is 6.11. The number of fused-ring (bicyclic) bond motifs is 1. The lowest BCUT2D eigenvalue weighted by Gasteiger charge is -2.20. The molecule has 1 aliphatic rings. The molecular formula is C18H25NO2. The second-order valence-electron chi connectivity index (χ2n) is 6.11. The van der Waals surface area contributed by atoms with E-state index >= 15 is 0 Å². The zero-order valence-electron chi connectivity index (χ0n) is 12.9. The zero-order chi connectivity index (χ0) is 14.7. The number of ether oxygens (including phenoxy) is 1. The number of furan rings is 1. The Balaban J connectivity index is 1.93. The Hall–Kier alpha value is -1.48. The van der Waals surface area contributed by atoms with Gasteiger partial charge in [0.1, 0.15) is 17.1 Å². The van der Waals surface area contributed by atoms with Crippen LogP contribution in [0.1, 0.15) is 43.4 Å². The largest absolute Gasteiger partial charge is 0.497 e. The van der Waals surface area contributed by atoms with Crippen molar-refractivity contribution in [3.63, 3.8) is 0 Å². The maximum atomic E-state index is 6.14. The fourth-order valence-electron chi connectivity index (χ4n) is 3.54. The van der Waals surface area contributed by atoms with Crippen LogP contribution >= 0.6 is 0 Å². The lowest BCUT2D eigenvalue weighted by Crippen LogP contribution is -2.11. The normalized spacial score (nSPS) is 16.5. The maximum Gasteiger partial charge on any atom is 0.134 e. The quantitative estimate of drug-likeness (QED) is 0.902. The van der Waals surface area contributed by atoms with E-state index in [9.17, 15) is 0 Å². The molecule has 1 aromatic carbocycles. The molecular weight excluding hydrogens is 262 g/mol. The highest BCUT2D eigenvalue weighted by Gasteiger charge is 2.20. The van der Waals surface area contributed by atoms with Crippen molar-refractivity contribution in [2.24, 2.45) is 11.7 Å². The zero-order valence-corrected chi connectivity index (χ0v) is 12.9. The van der Waals surface area contributed by atoms with E-state index < -0.39 is 0 Å². The molecule has 1 aliphatic carbocycles. The van der Waals surface area contributed by atoms with Gasteiger partial charge in [-0.05, 0) is 37.1 Å². The van der Waals surface area contributed by atoms with Crippen LogP contribution in [-0.4, -0.2) is 13.7 Å². The van der Waals surface area contributed by atoms with Gasteiger partial charge in [-0.1, -0.05) is 32.1 Å². The molecule has 2 aromatic rings. The lowest BCUT2D eigenvalue weighted by atomic mass is 9.85. The van der Waals surface area contributed by atoms with Crippen LogP contribution in [0.3, 0.4) is 0 Å². The Bertz CT molecular complexity index is 597. The first-order valence-electron chi connectivity index (χ1n) is 8.10. The van der Waals surface area contributed by atoms with Crippen molar-refractivity contribution in [1.82, 2.24) is 0 Å². The van der Waals surface area contributed by atoms with Crippen LogP contribution in [0.25, 0.3) is 11.0 Å². The average molecular weight is 287 g/mol. The van der Waals surface area contributed by atoms with Crippen LogP contribution in [-0.2, 0) is 12.8 Å². The SMILES string of the molecule is COc1ccc2oc(CC3CCCCC3)c(CCN)c2c1. The predicted molar refractivity (Wildman–Crippen MR) is 85.8 cm³/mol. The highest BCUT2D eigenvalue weighted by Crippen LogP contribution is 2.34. The van der Waals surface area contributed by atoms with Gasteiger partial charge in [0.25, 0.3) is 0 Å². The smallest absolute Gasteiger partial charge is 0.134 e. The lowest BCUT2D eigenvalue weighted by molar-refractivity contribution is 0.336. The summed E-state index contributed by atoms with van der Waals surface area (Å²) in [5.41, 5.74) is 8.06. The highest BCUT2D eigenvalue weighted by atomic mass is 16.5. The minimum Gasteiger partial charge on any atom is -0.497 e. The van der Waals surface area contributed by atoms with Crippen LogP contribution in [0.4, 0.5) is 0 Å². The van der Waals surface area contributed by atoms with E-state index in [1.165, 1.54) is 43.1 Å². The summed E-state index contributed by atoms with van der Waals surface area (Å²) in [6.07, 6.45) is 8.73. The van der Waals surface area contributed by atoms with Crippen LogP contribution in [0, 0.1) is 5.92 Å². The van der Waals surface area contributed by atoms with Crippen LogP contribution in [0.5, 0.6) is 5.75 Å². The summed E-state index contributed by atoms with van der Waals surface area (Å²) < 4.78 is 11.5. The molecule has 0 bridgehead atoms. The summed E-state index contributed by atoms with van der Waals surface area (Å²) in [5.74, 6) is 2.80. The molecule has 0 spiro atoms. The molecule has 0 atom stereocenters. The van der Waals surface area contributed by atoms with E-state index in [-0.39, 0.29) is 0 Å². The Morgan fingerprint density at radius 3 is 2.76 bits per heavy atom. The molecule has 0 unspecified atom stereocenters. The third-order valence-corrected chi connectivity index (χ3v) is 4.67. The summed E-state index contributed by atoms with van der Waals surface area (Å²) in [6, 6.07) is 6.05. The summed E-state index contributed by atoms with van der Waals surface area (Å²) in [7, 11) is 1.70. The Labute approximate surface area is 126 Å². The molecule has 3 rings (SSSR count). The first kappa shape index (κ1) is 14.5. The number of benzene rings is 1. The van der Waals surface area contributed by atoms with Gasteiger partial charge in [0.05, 0.1) is 7.11 Å². The number of hydrogen-bond acceptors (Lipinski definition) is 3. The fourth-order valence-corrected chi connectivity index (χ4v) is 3.54. The third-order valence-electron chi connectivity index (χ3n) is 4.67. The van der Waals surface area contributed by atoms with Crippen molar-refractivity contribution in [1.29, 1.82) is 0 Å². The maximum absolute atomic E-state index is 6.14. The molecule has 0 saturated heterocycles. The molecule has 0 amide bonds. The summed E-state index contributed by atoms with van der Waals surface area (Å²) >= 11 is 0. The Kier molecular flexibility index (Phi) is 4.49. The molecule has 1 saturated carbocycles. The van der Waals surface area contributed by atoms with Crippen LogP contribution in [0.2, 0.25) is 0 Å².